The van der Waals surface area contributed by atoms with E-state index in [-0.39, 0.29) is 22.7 Å². The number of halogens is 2. The molecule has 1 aromatic heterocycles. The third kappa shape index (κ3) is 3.86. The van der Waals surface area contributed by atoms with Crippen LogP contribution in [0.2, 0.25) is 5.02 Å². The van der Waals surface area contributed by atoms with Gasteiger partial charge in [0.05, 0.1) is 24.7 Å². The molecule has 1 aliphatic rings. The third-order valence-electron chi connectivity index (χ3n) is 6.35. The number of benzene rings is 3. The number of aromatic nitrogens is 1. The lowest BCUT2D eigenvalue weighted by Crippen LogP contribution is -2.17. The van der Waals surface area contributed by atoms with Gasteiger partial charge in [-0.05, 0) is 54.4 Å². The first kappa shape index (κ1) is 24.1. The van der Waals surface area contributed by atoms with E-state index in [2.05, 4.69) is 15.9 Å². The van der Waals surface area contributed by atoms with Crippen molar-refractivity contribution in [2.45, 2.75) is 13.0 Å². The van der Waals surface area contributed by atoms with Gasteiger partial charge < -0.3 is 14.0 Å². The summed E-state index contributed by atoms with van der Waals surface area (Å²) in [7, 11) is 3.06. The highest BCUT2D eigenvalue weighted by Gasteiger charge is 2.39. The average molecular weight is 568 g/mol. The number of nitrogens with zero attached hydrogens (tertiary/aromatic N) is 2. The maximum atomic E-state index is 14.0. The predicted molar refractivity (Wildman–Crippen MR) is 141 cm³/mol. The van der Waals surface area contributed by atoms with Gasteiger partial charge in [-0.3, -0.25) is 14.9 Å². The number of methoxy groups -OCH3 is 2. The number of hydrogen-bond donors (Lipinski definition) is 0. The Labute approximate surface area is 220 Å². The van der Waals surface area contributed by atoms with E-state index < -0.39 is 4.92 Å². The van der Waals surface area contributed by atoms with Crippen LogP contribution in [-0.2, 0) is 13.0 Å². The highest BCUT2D eigenvalue weighted by Crippen LogP contribution is 2.50. The van der Waals surface area contributed by atoms with Gasteiger partial charge in [-0.2, -0.15) is 0 Å². The number of ether oxygens (including phenoxy) is 2. The van der Waals surface area contributed by atoms with Crippen molar-refractivity contribution in [1.29, 1.82) is 0 Å². The molecule has 2 heterocycles. The van der Waals surface area contributed by atoms with E-state index in [4.69, 9.17) is 21.1 Å². The minimum absolute atomic E-state index is 0.170. The standard InChI is InChI=1S/C27H20BrClN2O5/c1-35-21-13-16-11-12-30-24(19(16)14-22(21)36-2)25(31(33)34)23(18-5-3-4-6-20(18)29)26(30)27(32)15-7-9-17(28)10-8-15/h3-10,13-14H,11-12H2,1-2H3. The van der Waals surface area contributed by atoms with Crippen molar-refractivity contribution < 1.29 is 19.2 Å². The number of rotatable bonds is 6. The van der Waals surface area contributed by atoms with Gasteiger partial charge in [0.2, 0.25) is 5.78 Å². The van der Waals surface area contributed by atoms with Gasteiger partial charge in [-0.15, -0.1) is 0 Å². The van der Waals surface area contributed by atoms with E-state index in [1.54, 1.807) is 66.3 Å². The summed E-state index contributed by atoms with van der Waals surface area (Å²) in [6.45, 7) is 0.376. The summed E-state index contributed by atoms with van der Waals surface area (Å²) in [5.74, 6) is 0.660. The van der Waals surface area contributed by atoms with Crippen LogP contribution in [0, 0.1) is 10.1 Å². The summed E-state index contributed by atoms with van der Waals surface area (Å²) in [5, 5.41) is 13.0. The molecule has 4 aromatic rings. The van der Waals surface area contributed by atoms with Crippen LogP contribution in [-0.4, -0.2) is 29.5 Å². The smallest absolute Gasteiger partial charge is 0.303 e. The number of carbonyl (C=O) groups is 1. The molecular weight excluding hydrogens is 548 g/mol. The van der Waals surface area contributed by atoms with Crippen LogP contribution in [0.5, 0.6) is 11.5 Å². The Hall–Kier alpha value is -3.62. The lowest BCUT2D eigenvalue weighted by atomic mass is 9.95. The van der Waals surface area contributed by atoms with Crippen LogP contribution < -0.4 is 9.47 Å². The van der Waals surface area contributed by atoms with E-state index >= 15 is 0 Å². The second kappa shape index (κ2) is 9.44. The Morgan fingerprint density at radius 3 is 2.33 bits per heavy atom. The van der Waals surface area contributed by atoms with E-state index in [1.165, 1.54) is 7.11 Å². The molecule has 3 aromatic carbocycles. The van der Waals surface area contributed by atoms with E-state index in [0.29, 0.717) is 51.9 Å². The fourth-order valence-corrected chi connectivity index (χ4v) is 5.25. The fraction of sp³-hybridized carbons (Fsp3) is 0.148. The molecule has 0 bridgehead atoms. The molecule has 0 unspecified atom stereocenters. The first-order valence-corrected chi connectivity index (χ1v) is 12.2. The zero-order chi connectivity index (χ0) is 25.6. The van der Waals surface area contributed by atoms with Gasteiger partial charge in [-0.25, -0.2) is 0 Å². The molecule has 1 aliphatic heterocycles. The van der Waals surface area contributed by atoms with E-state index in [1.807, 2.05) is 6.07 Å². The number of hydrogen-bond acceptors (Lipinski definition) is 5. The van der Waals surface area contributed by atoms with Crippen LogP contribution in [0.15, 0.2) is 65.1 Å². The summed E-state index contributed by atoms with van der Waals surface area (Å²) in [6.07, 6.45) is 0.553. The molecule has 0 spiro atoms. The molecule has 0 fully saturated rings. The van der Waals surface area contributed by atoms with Crippen LogP contribution in [0.4, 0.5) is 5.69 Å². The second-order valence-corrected chi connectivity index (χ2v) is 9.58. The van der Waals surface area contributed by atoms with Gasteiger partial charge in [0, 0.05) is 32.7 Å². The van der Waals surface area contributed by atoms with Crippen molar-refractivity contribution in [2.24, 2.45) is 0 Å². The Balaban J connectivity index is 1.89. The first-order valence-electron chi connectivity index (χ1n) is 11.1. The highest BCUT2D eigenvalue weighted by atomic mass is 79.9. The fourth-order valence-electron chi connectivity index (χ4n) is 4.75. The van der Waals surface area contributed by atoms with Crippen molar-refractivity contribution >= 4 is 39.0 Å². The zero-order valence-electron chi connectivity index (χ0n) is 19.4. The summed E-state index contributed by atoms with van der Waals surface area (Å²) < 4.78 is 13.5. The first-order chi connectivity index (χ1) is 17.3. The lowest BCUT2D eigenvalue weighted by Gasteiger charge is -2.22. The second-order valence-electron chi connectivity index (χ2n) is 8.26. The molecule has 0 saturated carbocycles. The number of fused-ring (bicyclic) bond motifs is 3. The quantitative estimate of drug-likeness (QED) is 0.143. The Morgan fingerprint density at radius 2 is 1.69 bits per heavy atom. The Bertz CT molecular complexity index is 1530. The maximum absolute atomic E-state index is 14.0. The molecule has 0 N–H and O–H groups in total. The molecule has 36 heavy (non-hydrogen) atoms. The Kier molecular flexibility index (Phi) is 6.32. The van der Waals surface area contributed by atoms with E-state index in [0.717, 1.165) is 10.0 Å². The van der Waals surface area contributed by atoms with Gasteiger partial charge >= 0.3 is 5.69 Å². The minimum Gasteiger partial charge on any atom is -0.493 e. The molecule has 0 atom stereocenters. The molecule has 0 radical (unpaired) electrons. The lowest BCUT2D eigenvalue weighted by molar-refractivity contribution is -0.383. The van der Waals surface area contributed by atoms with Crippen LogP contribution >= 0.6 is 27.5 Å². The van der Waals surface area contributed by atoms with Gasteiger partial charge in [0.15, 0.2) is 11.5 Å². The van der Waals surface area contributed by atoms with Crippen molar-refractivity contribution in [3.63, 3.8) is 0 Å². The number of ketones is 1. The largest absolute Gasteiger partial charge is 0.493 e. The van der Waals surface area contributed by atoms with Crippen LogP contribution in [0.3, 0.4) is 0 Å². The van der Waals surface area contributed by atoms with Crippen molar-refractivity contribution in [2.75, 3.05) is 14.2 Å². The molecule has 5 rings (SSSR count). The average Bonchev–Trinajstić information content (AvgIpc) is 3.23. The van der Waals surface area contributed by atoms with Gasteiger partial charge in [-0.1, -0.05) is 45.7 Å². The monoisotopic (exact) mass is 566 g/mol. The van der Waals surface area contributed by atoms with Gasteiger partial charge in [0.1, 0.15) is 11.4 Å². The molecule has 0 amide bonds. The highest BCUT2D eigenvalue weighted by molar-refractivity contribution is 9.10. The van der Waals surface area contributed by atoms with E-state index in [9.17, 15) is 14.9 Å². The normalized spacial score (nSPS) is 12.0. The number of carbonyl (C=O) groups excluding carboxylic acids is 1. The molecule has 9 heteroatoms. The summed E-state index contributed by atoms with van der Waals surface area (Å²) in [4.78, 5) is 26.2. The summed E-state index contributed by atoms with van der Waals surface area (Å²) in [5.41, 5.74) is 2.94. The van der Waals surface area contributed by atoms with Crippen LogP contribution in [0.25, 0.3) is 22.4 Å². The van der Waals surface area contributed by atoms with Crippen molar-refractivity contribution in [3.05, 3.63) is 97.1 Å². The summed E-state index contributed by atoms with van der Waals surface area (Å²) in [6, 6.07) is 17.3. The molecule has 0 aliphatic carbocycles. The Morgan fingerprint density at radius 1 is 1.03 bits per heavy atom. The van der Waals surface area contributed by atoms with Gasteiger partial charge in [0.25, 0.3) is 0 Å². The SMILES string of the molecule is COc1cc2c(cc1OC)-c1c([N+](=O)[O-])c(-c3ccccc3Cl)c(C(=O)c3ccc(Br)cc3)n1CC2. The zero-order valence-corrected chi connectivity index (χ0v) is 21.7. The summed E-state index contributed by atoms with van der Waals surface area (Å²) >= 11 is 9.94. The molecule has 7 nitrogen and oxygen atoms in total. The molecule has 0 saturated heterocycles. The minimum atomic E-state index is -0.436. The topological polar surface area (TPSA) is 83.6 Å². The number of aryl methyl sites for hydroxylation is 1. The third-order valence-corrected chi connectivity index (χ3v) is 7.21. The van der Waals surface area contributed by atoms with Crippen molar-refractivity contribution in [3.8, 4) is 33.9 Å². The molecule has 182 valence electrons. The maximum Gasteiger partial charge on any atom is 0.303 e. The molecular formula is C27H20BrClN2O5. The number of nitro groups is 1. The van der Waals surface area contributed by atoms with Crippen LogP contribution in [0.1, 0.15) is 21.6 Å². The van der Waals surface area contributed by atoms with Crippen molar-refractivity contribution in [1.82, 2.24) is 4.57 Å². The predicted octanol–water partition coefficient (Wildman–Crippen LogP) is 6.95.